The number of carbonyl (C=O) groups excluding carboxylic acids is 1. The van der Waals surface area contributed by atoms with Crippen LogP contribution in [0, 0.1) is 5.92 Å². The second-order valence-corrected chi connectivity index (χ2v) is 8.88. The first-order chi connectivity index (χ1) is 14.2. The molecule has 1 fully saturated rings. The van der Waals surface area contributed by atoms with Crippen LogP contribution in [-0.2, 0) is 24.4 Å². The zero-order chi connectivity index (χ0) is 21.7. The van der Waals surface area contributed by atoms with Crippen LogP contribution in [0.2, 0.25) is 5.02 Å². The number of anilines is 1. The van der Waals surface area contributed by atoms with Crippen LogP contribution in [0.25, 0.3) is 0 Å². The van der Waals surface area contributed by atoms with E-state index >= 15 is 0 Å². The van der Waals surface area contributed by atoms with E-state index in [9.17, 15) is 18.0 Å². The summed E-state index contributed by atoms with van der Waals surface area (Å²) in [6.45, 7) is 0. The number of aromatic nitrogens is 3. The number of hydrogen-bond donors (Lipinski definition) is 1. The highest BCUT2D eigenvalue weighted by Gasteiger charge is 2.31. The van der Waals surface area contributed by atoms with Crippen LogP contribution in [0.3, 0.4) is 0 Å². The summed E-state index contributed by atoms with van der Waals surface area (Å²) in [5.74, 6) is 1.15. The smallest absolute Gasteiger partial charge is 0.324 e. The van der Waals surface area contributed by atoms with Gasteiger partial charge in [-0.05, 0) is 30.5 Å². The number of benzene rings is 1. The molecule has 1 saturated carbocycles. The molecule has 30 heavy (non-hydrogen) atoms. The van der Waals surface area contributed by atoms with Gasteiger partial charge in [-0.15, -0.1) is 10.2 Å². The van der Waals surface area contributed by atoms with E-state index in [1.54, 1.807) is 0 Å². The molecule has 1 N–H and O–H groups in total. The monoisotopic (exact) mass is 460 g/mol. The van der Waals surface area contributed by atoms with Crippen molar-refractivity contribution in [2.45, 2.75) is 56.3 Å². The first-order valence-electron chi connectivity index (χ1n) is 9.91. The van der Waals surface area contributed by atoms with Gasteiger partial charge in [-0.1, -0.05) is 55.5 Å². The molecular weight excluding hydrogens is 437 g/mol. The summed E-state index contributed by atoms with van der Waals surface area (Å²) in [4.78, 5) is 12.2. The summed E-state index contributed by atoms with van der Waals surface area (Å²) < 4.78 is 40.4. The summed E-state index contributed by atoms with van der Waals surface area (Å²) in [6, 6.07) is 2.83. The summed E-state index contributed by atoms with van der Waals surface area (Å²) >= 11 is 7.10. The van der Waals surface area contributed by atoms with E-state index in [4.69, 9.17) is 11.6 Å². The molecule has 0 saturated heterocycles. The number of aryl methyl sites for hydroxylation is 1. The summed E-state index contributed by atoms with van der Waals surface area (Å²) in [7, 11) is 1.86. The third-order valence-corrected chi connectivity index (χ3v) is 6.68. The van der Waals surface area contributed by atoms with Crippen LogP contribution < -0.4 is 5.32 Å². The number of halogens is 4. The highest BCUT2D eigenvalue weighted by molar-refractivity contribution is 7.99. The fraction of sp³-hybridized carbons (Fsp3) is 0.550. The highest BCUT2D eigenvalue weighted by atomic mass is 35.5. The largest absolute Gasteiger partial charge is 0.416 e. The predicted octanol–water partition coefficient (Wildman–Crippen LogP) is 5.73. The number of alkyl halides is 3. The van der Waals surface area contributed by atoms with Crippen molar-refractivity contribution in [1.29, 1.82) is 0 Å². The van der Waals surface area contributed by atoms with E-state index in [0.717, 1.165) is 42.8 Å². The molecule has 0 bridgehead atoms. The maximum Gasteiger partial charge on any atom is 0.416 e. The van der Waals surface area contributed by atoms with Crippen LogP contribution in [0.1, 0.15) is 49.9 Å². The van der Waals surface area contributed by atoms with E-state index in [1.165, 1.54) is 43.9 Å². The molecule has 1 aromatic heterocycles. The van der Waals surface area contributed by atoms with Crippen molar-refractivity contribution in [1.82, 2.24) is 14.8 Å². The Hall–Kier alpha value is -1.74. The van der Waals surface area contributed by atoms with Crippen molar-refractivity contribution in [2.24, 2.45) is 13.0 Å². The summed E-state index contributed by atoms with van der Waals surface area (Å²) in [5.41, 5.74) is -0.936. The predicted molar refractivity (Wildman–Crippen MR) is 112 cm³/mol. The first-order valence-corrected chi connectivity index (χ1v) is 11.3. The molecule has 10 heteroatoms. The van der Waals surface area contributed by atoms with E-state index < -0.39 is 17.6 Å². The first kappa shape index (κ1) is 22.9. The van der Waals surface area contributed by atoms with Gasteiger partial charge < -0.3 is 9.88 Å². The van der Waals surface area contributed by atoms with Crippen LogP contribution in [-0.4, -0.2) is 26.4 Å². The van der Waals surface area contributed by atoms with Crippen LogP contribution in [0.15, 0.2) is 23.4 Å². The Kier molecular flexibility index (Phi) is 7.68. The molecule has 5 nitrogen and oxygen atoms in total. The fourth-order valence-electron chi connectivity index (χ4n) is 3.61. The molecule has 1 aliphatic carbocycles. The molecule has 164 valence electrons. The lowest BCUT2D eigenvalue weighted by Crippen LogP contribution is -2.16. The molecule has 3 rings (SSSR count). The molecule has 1 aliphatic rings. The second-order valence-electron chi connectivity index (χ2n) is 7.53. The maximum atomic E-state index is 12.9. The number of nitrogens with one attached hydrogen (secondary N) is 1. The minimum Gasteiger partial charge on any atom is -0.324 e. The van der Waals surface area contributed by atoms with Crippen molar-refractivity contribution in [2.75, 3.05) is 11.1 Å². The van der Waals surface area contributed by atoms with Gasteiger partial charge in [-0.2, -0.15) is 13.2 Å². The topological polar surface area (TPSA) is 59.8 Å². The van der Waals surface area contributed by atoms with Crippen molar-refractivity contribution in [3.63, 3.8) is 0 Å². The van der Waals surface area contributed by atoms with E-state index in [1.807, 2.05) is 11.6 Å². The SMILES string of the molecule is Cn1c(CCC2CCCCC2)nnc1SCC(=O)Nc1cc(C(F)(F)F)ccc1Cl. The molecule has 0 aliphatic heterocycles. The Bertz CT molecular complexity index is 881. The third-order valence-electron chi connectivity index (χ3n) is 5.33. The van der Waals surface area contributed by atoms with Gasteiger partial charge in [0.1, 0.15) is 5.82 Å². The number of amides is 1. The van der Waals surface area contributed by atoms with Crippen LogP contribution in [0.5, 0.6) is 0 Å². The maximum absolute atomic E-state index is 12.9. The van der Waals surface area contributed by atoms with E-state index in [-0.39, 0.29) is 16.5 Å². The average Bonchev–Trinajstić information content (AvgIpc) is 3.06. The minimum absolute atomic E-state index is 0.0127. The molecule has 0 atom stereocenters. The Morgan fingerprint density at radius 3 is 2.70 bits per heavy atom. The van der Waals surface area contributed by atoms with Gasteiger partial charge in [0.25, 0.3) is 0 Å². The van der Waals surface area contributed by atoms with Gasteiger partial charge in [-0.25, -0.2) is 0 Å². The normalized spacial score (nSPS) is 15.4. The number of nitrogens with zero attached hydrogens (tertiary/aromatic N) is 3. The van der Waals surface area contributed by atoms with Crippen molar-refractivity contribution >= 4 is 35.0 Å². The average molecular weight is 461 g/mol. The third kappa shape index (κ3) is 6.14. The fourth-order valence-corrected chi connectivity index (χ4v) is 4.51. The molecule has 0 radical (unpaired) electrons. The zero-order valence-corrected chi connectivity index (χ0v) is 18.2. The number of rotatable bonds is 7. The Morgan fingerprint density at radius 2 is 2.00 bits per heavy atom. The summed E-state index contributed by atoms with van der Waals surface area (Å²) in [5, 5.41) is 11.5. The van der Waals surface area contributed by atoms with Crippen LogP contribution in [0.4, 0.5) is 18.9 Å². The number of carbonyl (C=O) groups is 1. The van der Waals surface area contributed by atoms with Gasteiger partial charge in [0.05, 0.1) is 22.0 Å². The minimum atomic E-state index is -4.51. The van der Waals surface area contributed by atoms with Crippen molar-refractivity contribution in [3.8, 4) is 0 Å². The Morgan fingerprint density at radius 1 is 1.27 bits per heavy atom. The van der Waals surface area contributed by atoms with E-state index in [2.05, 4.69) is 15.5 Å². The van der Waals surface area contributed by atoms with Gasteiger partial charge in [0.15, 0.2) is 5.16 Å². The number of hydrogen-bond acceptors (Lipinski definition) is 4. The van der Waals surface area contributed by atoms with E-state index in [0.29, 0.717) is 5.16 Å². The quantitative estimate of drug-likeness (QED) is 0.536. The van der Waals surface area contributed by atoms with Gasteiger partial charge in [0, 0.05) is 13.5 Å². The van der Waals surface area contributed by atoms with Crippen LogP contribution >= 0.6 is 23.4 Å². The van der Waals surface area contributed by atoms with Gasteiger partial charge >= 0.3 is 6.18 Å². The highest BCUT2D eigenvalue weighted by Crippen LogP contribution is 2.34. The lowest BCUT2D eigenvalue weighted by Gasteiger charge is -2.20. The zero-order valence-electron chi connectivity index (χ0n) is 16.6. The van der Waals surface area contributed by atoms with Gasteiger partial charge in [0.2, 0.25) is 5.91 Å². The molecule has 0 unspecified atom stereocenters. The molecule has 0 spiro atoms. The lowest BCUT2D eigenvalue weighted by atomic mass is 9.86. The molecule has 1 heterocycles. The standard InChI is InChI=1S/C20H24ClF3N4OS/c1-28-17(10-7-13-5-3-2-4-6-13)26-27-19(28)30-12-18(29)25-16-11-14(20(22,23)24)8-9-15(16)21/h8-9,11,13H,2-7,10,12H2,1H3,(H,25,29). The second kappa shape index (κ2) is 10.0. The van der Waals surface area contributed by atoms with Gasteiger partial charge in [-0.3, -0.25) is 4.79 Å². The number of thioether (sulfide) groups is 1. The molecule has 2 aromatic rings. The lowest BCUT2D eigenvalue weighted by molar-refractivity contribution is -0.137. The Balaban J connectivity index is 1.53. The summed E-state index contributed by atoms with van der Waals surface area (Å²) in [6.07, 6.45) is 3.91. The van der Waals surface area contributed by atoms with Crippen molar-refractivity contribution < 1.29 is 18.0 Å². The molecular formula is C20H24ClF3N4OS. The molecule has 1 aromatic carbocycles. The van der Waals surface area contributed by atoms with Crippen molar-refractivity contribution in [3.05, 3.63) is 34.6 Å². The molecule has 1 amide bonds. The Labute approximate surface area is 182 Å².